The van der Waals surface area contributed by atoms with Crippen molar-refractivity contribution in [1.29, 1.82) is 0 Å². The van der Waals surface area contributed by atoms with Gasteiger partial charge < -0.3 is 14.5 Å². The highest BCUT2D eigenvalue weighted by molar-refractivity contribution is 5.93. The van der Waals surface area contributed by atoms with Gasteiger partial charge in [0, 0.05) is 24.7 Å². The Morgan fingerprint density at radius 3 is 2.54 bits per heavy atom. The zero-order valence-corrected chi connectivity index (χ0v) is 14.4. The highest BCUT2D eigenvalue weighted by Crippen LogP contribution is 2.40. The molecule has 7 heteroatoms. The smallest absolute Gasteiger partial charge is 0.410 e. The molecule has 2 aliphatic carbocycles. The summed E-state index contributed by atoms with van der Waals surface area (Å²) < 4.78 is 5.46. The molecule has 1 aromatic rings. The summed E-state index contributed by atoms with van der Waals surface area (Å²) in [4.78, 5) is 28.6. The van der Waals surface area contributed by atoms with Crippen LogP contribution in [-0.4, -0.2) is 62.8 Å². The third-order valence-corrected chi connectivity index (χ3v) is 4.83. The number of aromatic nitrogens is 2. The SMILES string of the molecule is CC(C)(C)OC(=O)N1CCN(C(=O)c2cc(C3CC3)[nH]n2)C2CC21. The average molecular weight is 332 g/mol. The molecule has 0 radical (unpaired) electrons. The van der Waals surface area contributed by atoms with Crippen molar-refractivity contribution in [3.05, 3.63) is 17.5 Å². The Hall–Kier alpha value is -2.05. The molecular formula is C17H24N4O3. The molecule has 1 aliphatic heterocycles. The quantitative estimate of drug-likeness (QED) is 0.900. The van der Waals surface area contributed by atoms with Crippen LogP contribution < -0.4 is 0 Å². The first kappa shape index (κ1) is 15.5. The summed E-state index contributed by atoms with van der Waals surface area (Å²) in [6.45, 7) is 6.64. The zero-order chi connectivity index (χ0) is 17.1. The van der Waals surface area contributed by atoms with Gasteiger partial charge in [-0.1, -0.05) is 0 Å². The Balaban J connectivity index is 1.40. The summed E-state index contributed by atoms with van der Waals surface area (Å²) in [5.74, 6) is 0.520. The lowest BCUT2D eigenvalue weighted by Crippen LogP contribution is -2.51. The van der Waals surface area contributed by atoms with Gasteiger partial charge in [-0.3, -0.25) is 9.89 Å². The molecule has 1 aromatic heterocycles. The molecular weight excluding hydrogens is 308 g/mol. The van der Waals surface area contributed by atoms with Gasteiger partial charge in [-0.05, 0) is 46.1 Å². The van der Waals surface area contributed by atoms with Gasteiger partial charge >= 0.3 is 6.09 Å². The van der Waals surface area contributed by atoms with Crippen molar-refractivity contribution in [3.8, 4) is 0 Å². The number of ether oxygens (including phenoxy) is 1. The molecule has 1 N–H and O–H groups in total. The number of H-pyrrole nitrogens is 1. The lowest BCUT2D eigenvalue weighted by atomic mass is 10.2. The van der Waals surface area contributed by atoms with E-state index in [9.17, 15) is 9.59 Å². The van der Waals surface area contributed by atoms with E-state index >= 15 is 0 Å². The van der Waals surface area contributed by atoms with Crippen LogP contribution in [0.5, 0.6) is 0 Å². The normalized spacial score (nSPS) is 26.1. The molecule has 3 aliphatic rings. The molecule has 2 saturated carbocycles. The Labute approximate surface area is 141 Å². The Morgan fingerprint density at radius 2 is 1.88 bits per heavy atom. The number of amides is 2. The Kier molecular flexibility index (Phi) is 3.37. The maximum Gasteiger partial charge on any atom is 0.410 e. The standard InChI is InChI=1S/C17H24N4O3/c1-17(2,3)24-16(23)21-7-6-20(13-9-14(13)21)15(22)12-8-11(18-19-12)10-4-5-10/h8,10,13-14H,4-7,9H2,1-3H3,(H,18,19). The third-order valence-electron chi connectivity index (χ3n) is 4.83. The molecule has 3 fully saturated rings. The fraction of sp³-hybridized carbons (Fsp3) is 0.706. The maximum absolute atomic E-state index is 12.7. The van der Waals surface area contributed by atoms with Gasteiger partial charge in [0.2, 0.25) is 0 Å². The van der Waals surface area contributed by atoms with Crippen molar-refractivity contribution < 1.29 is 14.3 Å². The van der Waals surface area contributed by atoms with E-state index in [0.29, 0.717) is 24.7 Å². The minimum atomic E-state index is -0.497. The van der Waals surface area contributed by atoms with Crippen molar-refractivity contribution in [2.75, 3.05) is 13.1 Å². The number of hydrogen-bond acceptors (Lipinski definition) is 4. The highest BCUT2D eigenvalue weighted by atomic mass is 16.6. The molecule has 1 saturated heterocycles. The van der Waals surface area contributed by atoms with E-state index in [1.807, 2.05) is 31.7 Å². The molecule has 0 bridgehead atoms. The maximum atomic E-state index is 12.7. The molecule has 0 aromatic carbocycles. The predicted octanol–water partition coefficient (Wildman–Crippen LogP) is 2.12. The summed E-state index contributed by atoms with van der Waals surface area (Å²) in [5, 5.41) is 7.17. The van der Waals surface area contributed by atoms with Crippen LogP contribution in [0.3, 0.4) is 0 Å². The summed E-state index contributed by atoms with van der Waals surface area (Å²) in [6, 6.07) is 2.07. The summed E-state index contributed by atoms with van der Waals surface area (Å²) in [5.41, 5.74) is 1.06. The second kappa shape index (κ2) is 5.22. The predicted molar refractivity (Wildman–Crippen MR) is 86.7 cm³/mol. The summed E-state index contributed by atoms with van der Waals surface area (Å²) in [6.07, 6.45) is 2.90. The number of nitrogens with zero attached hydrogens (tertiary/aromatic N) is 3. The molecule has 2 unspecified atom stereocenters. The summed E-state index contributed by atoms with van der Waals surface area (Å²) >= 11 is 0. The van der Waals surface area contributed by atoms with E-state index in [1.165, 1.54) is 12.8 Å². The fourth-order valence-corrected chi connectivity index (χ4v) is 3.38. The van der Waals surface area contributed by atoms with E-state index in [-0.39, 0.29) is 24.1 Å². The first-order chi connectivity index (χ1) is 11.3. The lowest BCUT2D eigenvalue weighted by Gasteiger charge is -2.34. The first-order valence-corrected chi connectivity index (χ1v) is 8.69. The van der Waals surface area contributed by atoms with E-state index in [0.717, 1.165) is 12.1 Å². The Morgan fingerprint density at radius 1 is 1.21 bits per heavy atom. The van der Waals surface area contributed by atoms with E-state index < -0.39 is 5.60 Å². The molecule has 2 atom stereocenters. The molecule has 7 nitrogen and oxygen atoms in total. The van der Waals surface area contributed by atoms with E-state index in [4.69, 9.17) is 4.74 Å². The molecule has 24 heavy (non-hydrogen) atoms. The molecule has 2 amide bonds. The lowest BCUT2D eigenvalue weighted by molar-refractivity contribution is 0.0127. The van der Waals surface area contributed by atoms with Gasteiger partial charge in [0.25, 0.3) is 5.91 Å². The van der Waals surface area contributed by atoms with Crippen LogP contribution in [0.1, 0.15) is 62.1 Å². The fourth-order valence-electron chi connectivity index (χ4n) is 3.38. The van der Waals surface area contributed by atoms with Gasteiger partial charge in [0.1, 0.15) is 11.3 Å². The number of fused-ring (bicyclic) bond motifs is 1. The molecule has 0 spiro atoms. The number of aromatic amines is 1. The van der Waals surface area contributed by atoms with Gasteiger partial charge in [0.15, 0.2) is 0 Å². The number of nitrogens with one attached hydrogen (secondary N) is 1. The van der Waals surface area contributed by atoms with E-state index in [2.05, 4.69) is 10.2 Å². The van der Waals surface area contributed by atoms with Crippen LogP contribution in [-0.2, 0) is 4.74 Å². The van der Waals surface area contributed by atoms with Gasteiger partial charge in [0.05, 0.1) is 12.1 Å². The molecule has 2 heterocycles. The average Bonchev–Trinajstić information content (AvgIpc) is 3.41. The van der Waals surface area contributed by atoms with Crippen molar-refractivity contribution in [3.63, 3.8) is 0 Å². The van der Waals surface area contributed by atoms with Crippen molar-refractivity contribution in [2.45, 2.75) is 63.6 Å². The van der Waals surface area contributed by atoms with Crippen molar-refractivity contribution >= 4 is 12.0 Å². The number of piperazine rings is 1. The highest BCUT2D eigenvalue weighted by Gasteiger charge is 2.53. The second-order valence-corrected chi connectivity index (χ2v) is 8.03. The molecule has 130 valence electrons. The number of hydrogen-bond donors (Lipinski definition) is 1. The number of carbonyl (C=O) groups is 2. The largest absolute Gasteiger partial charge is 0.444 e. The van der Waals surface area contributed by atoms with E-state index in [1.54, 1.807) is 4.90 Å². The second-order valence-electron chi connectivity index (χ2n) is 8.03. The van der Waals surface area contributed by atoms with Crippen LogP contribution in [0.4, 0.5) is 4.79 Å². The van der Waals surface area contributed by atoms with Gasteiger partial charge in [-0.25, -0.2) is 4.79 Å². The van der Waals surface area contributed by atoms with Gasteiger partial charge in [-0.15, -0.1) is 0 Å². The van der Waals surface area contributed by atoms with Crippen LogP contribution in [0, 0.1) is 0 Å². The van der Waals surface area contributed by atoms with Crippen LogP contribution >= 0.6 is 0 Å². The van der Waals surface area contributed by atoms with Gasteiger partial charge in [-0.2, -0.15) is 5.10 Å². The van der Waals surface area contributed by atoms with Crippen molar-refractivity contribution in [2.24, 2.45) is 0 Å². The zero-order valence-electron chi connectivity index (χ0n) is 14.4. The number of rotatable bonds is 2. The first-order valence-electron chi connectivity index (χ1n) is 8.69. The third kappa shape index (κ3) is 2.87. The van der Waals surface area contributed by atoms with Crippen molar-refractivity contribution in [1.82, 2.24) is 20.0 Å². The Bertz CT molecular complexity index is 674. The number of carbonyl (C=O) groups excluding carboxylic acids is 2. The molecule has 4 rings (SSSR count). The monoisotopic (exact) mass is 332 g/mol. The summed E-state index contributed by atoms with van der Waals surface area (Å²) in [7, 11) is 0. The van der Waals surface area contributed by atoms with Crippen LogP contribution in [0.15, 0.2) is 6.07 Å². The minimum absolute atomic E-state index is 0.0329. The minimum Gasteiger partial charge on any atom is -0.444 e. The topological polar surface area (TPSA) is 78.5 Å². The van der Waals surface area contributed by atoms with Crippen LogP contribution in [0.25, 0.3) is 0 Å². The van der Waals surface area contributed by atoms with Crippen LogP contribution in [0.2, 0.25) is 0 Å².